The number of hydrogen-bond acceptors (Lipinski definition) is 8. The molecule has 0 unspecified atom stereocenters. The maximum Gasteiger partial charge on any atom is 0.232 e. The first-order valence-electron chi connectivity index (χ1n) is 9.61. The van der Waals surface area contributed by atoms with Gasteiger partial charge in [0.2, 0.25) is 11.9 Å². The van der Waals surface area contributed by atoms with Crippen molar-refractivity contribution in [3.8, 4) is 6.07 Å². The van der Waals surface area contributed by atoms with E-state index in [0.717, 1.165) is 23.4 Å². The van der Waals surface area contributed by atoms with E-state index in [4.69, 9.17) is 0 Å². The predicted octanol–water partition coefficient (Wildman–Crippen LogP) is 3.58. The lowest BCUT2D eigenvalue weighted by atomic mass is 10.3. The molecule has 2 aromatic heterocycles. The highest BCUT2D eigenvalue weighted by Crippen LogP contribution is 2.31. The summed E-state index contributed by atoms with van der Waals surface area (Å²) in [5, 5.41) is 22.6. The van der Waals surface area contributed by atoms with Crippen LogP contribution in [0.4, 0.5) is 17.5 Å². The zero-order valence-corrected chi connectivity index (χ0v) is 17.4. The van der Waals surface area contributed by atoms with Gasteiger partial charge in [-0.25, -0.2) is 4.98 Å². The molecule has 0 atom stereocenters. The molecule has 0 saturated heterocycles. The van der Waals surface area contributed by atoms with Gasteiger partial charge in [-0.15, -0.1) is 0 Å². The minimum Gasteiger partial charge on any atom is -0.326 e. The number of nitrogens with zero attached hydrogens (tertiary/aromatic N) is 5. The summed E-state index contributed by atoms with van der Waals surface area (Å²) in [4.78, 5) is 26.1. The molecule has 10 heteroatoms. The highest BCUT2D eigenvalue weighted by atomic mass is 32.2. The highest BCUT2D eigenvalue weighted by molar-refractivity contribution is 7.99. The molecule has 4 rings (SSSR count). The average Bonchev–Trinajstić information content (AvgIpc) is 3.54. The second kappa shape index (κ2) is 8.51. The summed E-state index contributed by atoms with van der Waals surface area (Å²) >= 11 is 1.40. The van der Waals surface area contributed by atoms with Crippen molar-refractivity contribution in [3.05, 3.63) is 41.3 Å². The molecule has 30 heavy (non-hydrogen) atoms. The van der Waals surface area contributed by atoms with Gasteiger partial charge in [0.15, 0.2) is 11.0 Å². The van der Waals surface area contributed by atoms with Crippen molar-refractivity contribution in [2.24, 2.45) is 5.92 Å². The number of aromatic nitrogens is 5. The SMILES string of the molecule is CCc1nc(Nc2n[nH]c(C)c2C#N)nc(Sc2ccc(NC(=O)C3CC3)cc2)n1. The van der Waals surface area contributed by atoms with E-state index in [1.807, 2.05) is 31.2 Å². The molecule has 1 aliphatic carbocycles. The van der Waals surface area contributed by atoms with Crippen molar-refractivity contribution in [1.82, 2.24) is 25.1 Å². The van der Waals surface area contributed by atoms with Gasteiger partial charge in [-0.1, -0.05) is 6.92 Å². The number of benzene rings is 1. The summed E-state index contributed by atoms with van der Waals surface area (Å²) < 4.78 is 0. The maximum absolute atomic E-state index is 11.9. The van der Waals surface area contributed by atoms with Crippen molar-refractivity contribution in [2.45, 2.75) is 43.2 Å². The number of aryl methyl sites for hydroxylation is 2. The molecular weight excluding hydrogens is 400 g/mol. The van der Waals surface area contributed by atoms with Crippen LogP contribution >= 0.6 is 11.8 Å². The Morgan fingerprint density at radius 1 is 1.27 bits per heavy atom. The van der Waals surface area contributed by atoms with Crippen molar-refractivity contribution in [2.75, 3.05) is 10.6 Å². The third kappa shape index (κ3) is 4.58. The number of rotatable bonds is 7. The minimum atomic E-state index is 0.0847. The molecule has 0 spiro atoms. The van der Waals surface area contributed by atoms with Gasteiger partial charge < -0.3 is 10.6 Å². The summed E-state index contributed by atoms with van der Waals surface area (Å²) in [7, 11) is 0. The van der Waals surface area contributed by atoms with Crippen LogP contribution in [-0.2, 0) is 11.2 Å². The van der Waals surface area contributed by atoms with Gasteiger partial charge in [-0.05, 0) is 55.8 Å². The Kier molecular flexibility index (Phi) is 5.63. The largest absolute Gasteiger partial charge is 0.326 e. The van der Waals surface area contributed by atoms with Crippen LogP contribution in [0.1, 0.15) is 36.8 Å². The predicted molar refractivity (Wildman–Crippen MR) is 112 cm³/mol. The fraction of sp³-hybridized carbons (Fsp3) is 0.300. The molecule has 1 fully saturated rings. The average molecular weight is 421 g/mol. The van der Waals surface area contributed by atoms with Crippen molar-refractivity contribution >= 4 is 35.1 Å². The molecule has 9 nitrogen and oxygen atoms in total. The number of carbonyl (C=O) groups excluding carboxylic acids is 1. The van der Waals surface area contributed by atoms with Crippen LogP contribution in [0, 0.1) is 24.2 Å². The van der Waals surface area contributed by atoms with E-state index < -0.39 is 0 Å². The third-order valence-electron chi connectivity index (χ3n) is 4.55. The smallest absolute Gasteiger partial charge is 0.232 e. The molecule has 152 valence electrons. The molecule has 1 aromatic carbocycles. The van der Waals surface area contributed by atoms with Gasteiger partial charge in [-0.3, -0.25) is 9.89 Å². The lowest BCUT2D eigenvalue weighted by Gasteiger charge is -2.08. The molecule has 1 saturated carbocycles. The van der Waals surface area contributed by atoms with Crippen LogP contribution in [0.25, 0.3) is 0 Å². The summed E-state index contributed by atoms with van der Waals surface area (Å²) in [6.45, 7) is 3.74. The van der Waals surface area contributed by atoms with Crippen LogP contribution in [0.2, 0.25) is 0 Å². The van der Waals surface area contributed by atoms with Crippen LogP contribution in [0.3, 0.4) is 0 Å². The van der Waals surface area contributed by atoms with Gasteiger partial charge in [0.05, 0.1) is 5.69 Å². The molecule has 3 aromatic rings. The van der Waals surface area contributed by atoms with E-state index in [0.29, 0.717) is 40.4 Å². The molecule has 0 bridgehead atoms. The summed E-state index contributed by atoms with van der Waals surface area (Å²) in [5.74, 6) is 1.61. The van der Waals surface area contributed by atoms with Gasteiger partial charge >= 0.3 is 0 Å². The molecule has 0 radical (unpaired) electrons. The van der Waals surface area contributed by atoms with Gasteiger partial charge in [-0.2, -0.15) is 20.3 Å². The van der Waals surface area contributed by atoms with Crippen molar-refractivity contribution in [3.63, 3.8) is 0 Å². The van der Waals surface area contributed by atoms with E-state index in [1.165, 1.54) is 11.8 Å². The van der Waals surface area contributed by atoms with E-state index in [-0.39, 0.29) is 11.8 Å². The molecule has 1 amide bonds. The van der Waals surface area contributed by atoms with Crippen molar-refractivity contribution in [1.29, 1.82) is 5.26 Å². The molecule has 1 aliphatic rings. The highest BCUT2D eigenvalue weighted by Gasteiger charge is 2.29. The number of anilines is 3. The second-order valence-corrected chi connectivity index (χ2v) is 7.95. The minimum absolute atomic E-state index is 0.0847. The number of H-pyrrole nitrogens is 1. The van der Waals surface area contributed by atoms with Gasteiger partial charge in [0.1, 0.15) is 17.5 Å². The first kappa shape index (κ1) is 19.8. The number of nitrogens with one attached hydrogen (secondary N) is 3. The Balaban J connectivity index is 1.50. The number of nitriles is 1. The Morgan fingerprint density at radius 2 is 2.03 bits per heavy atom. The topological polar surface area (TPSA) is 132 Å². The summed E-state index contributed by atoms with van der Waals surface area (Å²) in [5.41, 5.74) is 1.88. The van der Waals surface area contributed by atoms with Crippen molar-refractivity contribution < 1.29 is 4.79 Å². The number of hydrogen-bond donors (Lipinski definition) is 3. The summed E-state index contributed by atoms with van der Waals surface area (Å²) in [6, 6.07) is 9.69. The molecular formula is C20H20N8OS. The first-order chi connectivity index (χ1) is 14.6. The van der Waals surface area contributed by atoms with E-state index in [9.17, 15) is 10.1 Å². The Labute approximate surface area is 177 Å². The van der Waals surface area contributed by atoms with Crippen LogP contribution < -0.4 is 10.6 Å². The first-order valence-corrected chi connectivity index (χ1v) is 10.4. The Hall–Kier alpha value is -3.45. The number of aromatic amines is 1. The fourth-order valence-electron chi connectivity index (χ4n) is 2.72. The molecule has 3 N–H and O–H groups in total. The monoisotopic (exact) mass is 420 g/mol. The zero-order chi connectivity index (χ0) is 21.1. The van der Waals surface area contributed by atoms with Crippen LogP contribution in [-0.4, -0.2) is 31.1 Å². The second-order valence-electron chi connectivity index (χ2n) is 6.91. The molecule has 0 aliphatic heterocycles. The van der Waals surface area contributed by atoms with E-state index in [1.54, 1.807) is 6.92 Å². The lowest BCUT2D eigenvalue weighted by Crippen LogP contribution is -2.12. The lowest BCUT2D eigenvalue weighted by molar-refractivity contribution is -0.117. The third-order valence-corrected chi connectivity index (χ3v) is 5.42. The normalized spacial score (nSPS) is 13.0. The van der Waals surface area contributed by atoms with Crippen LogP contribution in [0.5, 0.6) is 0 Å². The van der Waals surface area contributed by atoms with Gasteiger partial charge in [0, 0.05) is 22.9 Å². The standard InChI is InChI=1S/C20H20N8OS/c1-3-16-23-19(25-17-15(10-21)11(2)27-28-17)26-20(24-16)30-14-8-6-13(7-9-14)22-18(29)12-4-5-12/h6-9,12H,3-5H2,1-2H3,(H,22,29)(H2,23,24,25,26,27,28). The maximum atomic E-state index is 11.9. The quantitative estimate of drug-likeness (QED) is 0.528. The molecule has 2 heterocycles. The van der Waals surface area contributed by atoms with E-state index in [2.05, 4.69) is 41.9 Å². The number of carbonyl (C=O) groups is 1. The number of amides is 1. The Morgan fingerprint density at radius 3 is 2.70 bits per heavy atom. The zero-order valence-electron chi connectivity index (χ0n) is 16.6. The van der Waals surface area contributed by atoms with Crippen LogP contribution in [0.15, 0.2) is 34.3 Å². The van der Waals surface area contributed by atoms with E-state index >= 15 is 0 Å². The fourth-order valence-corrected chi connectivity index (χ4v) is 3.49. The van der Waals surface area contributed by atoms with Gasteiger partial charge in [0.25, 0.3) is 0 Å². The Bertz CT molecular complexity index is 1110. The summed E-state index contributed by atoms with van der Waals surface area (Å²) in [6.07, 6.45) is 2.59.